The van der Waals surface area contributed by atoms with Crippen molar-refractivity contribution in [2.45, 2.75) is 37.8 Å². The van der Waals surface area contributed by atoms with E-state index in [2.05, 4.69) is 42.8 Å². The van der Waals surface area contributed by atoms with Gasteiger partial charge in [0.15, 0.2) is 0 Å². The fourth-order valence-corrected chi connectivity index (χ4v) is 3.86. The monoisotopic (exact) mass is 268 g/mol. The molecule has 2 rings (SSSR count). The molecule has 2 fully saturated rings. The Hall–Kier alpha value is -0.160. The van der Waals surface area contributed by atoms with Crippen LogP contribution in [-0.4, -0.2) is 80.1 Å². The van der Waals surface area contributed by atoms with Gasteiger partial charge in [0.05, 0.1) is 0 Å². The molecule has 0 amide bonds. The van der Waals surface area contributed by atoms with Crippen molar-refractivity contribution < 1.29 is 0 Å². The molecule has 2 aliphatic heterocycles. The van der Waals surface area contributed by atoms with Gasteiger partial charge < -0.3 is 15.5 Å². The standard InChI is InChI=1S/C15H32N4/c1-13-9-15(12-16,6-8-18(13)3)19(4)11-14-5-7-17(2)10-14/h13-14H,5-12,16H2,1-4H3. The molecular formula is C15H32N4. The Morgan fingerprint density at radius 3 is 2.58 bits per heavy atom. The predicted octanol–water partition coefficient (Wildman–Crippen LogP) is 0.682. The molecule has 0 bridgehead atoms. The van der Waals surface area contributed by atoms with E-state index >= 15 is 0 Å². The topological polar surface area (TPSA) is 35.7 Å². The first-order valence-electron chi connectivity index (χ1n) is 7.77. The minimum Gasteiger partial charge on any atom is -0.329 e. The molecule has 4 nitrogen and oxygen atoms in total. The average Bonchev–Trinajstić information content (AvgIpc) is 2.78. The Bertz CT molecular complexity index is 296. The number of likely N-dealkylation sites (N-methyl/N-ethyl adjacent to an activating group) is 1. The van der Waals surface area contributed by atoms with Gasteiger partial charge in [-0.15, -0.1) is 0 Å². The van der Waals surface area contributed by atoms with Gasteiger partial charge >= 0.3 is 0 Å². The van der Waals surface area contributed by atoms with Crippen LogP contribution >= 0.6 is 0 Å². The van der Waals surface area contributed by atoms with Crippen molar-refractivity contribution in [3.05, 3.63) is 0 Å². The zero-order chi connectivity index (χ0) is 14.0. The summed E-state index contributed by atoms with van der Waals surface area (Å²) in [4.78, 5) is 7.50. The molecule has 0 saturated carbocycles. The molecule has 0 aromatic heterocycles. The van der Waals surface area contributed by atoms with Crippen molar-refractivity contribution in [3.8, 4) is 0 Å². The molecule has 112 valence electrons. The number of likely N-dealkylation sites (tertiary alicyclic amines) is 2. The van der Waals surface area contributed by atoms with Crippen LogP contribution in [0.25, 0.3) is 0 Å². The summed E-state index contributed by atoms with van der Waals surface area (Å²) in [7, 11) is 6.76. The van der Waals surface area contributed by atoms with Crippen molar-refractivity contribution in [2.24, 2.45) is 11.7 Å². The Balaban J connectivity index is 1.96. The average molecular weight is 268 g/mol. The van der Waals surface area contributed by atoms with Crippen molar-refractivity contribution in [2.75, 3.05) is 53.9 Å². The van der Waals surface area contributed by atoms with Crippen molar-refractivity contribution in [3.63, 3.8) is 0 Å². The largest absolute Gasteiger partial charge is 0.329 e. The lowest BCUT2D eigenvalue weighted by atomic mass is 9.82. The maximum Gasteiger partial charge on any atom is 0.0355 e. The molecule has 0 radical (unpaired) electrons. The van der Waals surface area contributed by atoms with E-state index in [1.54, 1.807) is 0 Å². The predicted molar refractivity (Wildman–Crippen MR) is 81.3 cm³/mol. The molecule has 0 aromatic carbocycles. The van der Waals surface area contributed by atoms with Gasteiger partial charge in [0, 0.05) is 31.2 Å². The fourth-order valence-electron chi connectivity index (χ4n) is 3.86. The molecule has 0 spiro atoms. The highest BCUT2D eigenvalue weighted by atomic mass is 15.2. The first-order chi connectivity index (χ1) is 8.97. The smallest absolute Gasteiger partial charge is 0.0355 e. The van der Waals surface area contributed by atoms with Gasteiger partial charge in [-0.1, -0.05) is 0 Å². The molecule has 2 N–H and O–H groups in total. The quantitative estimate of drug-likeness (QED) is 0.813. The van der Waals surface area contributed by atoms with Crippen LogP contribution in [0.1, 0.15) is 26.2 Å². The Labute approximate surface area is 118 Å². The number of hydrogen-bond acceptors (Lipinski definition) is 4. The Morgan fingerprint density at radius 2 is 2.05 bits per heavy atom. The molecular weight excluding hydrogens is 236 g/mol. The van der Waals surface area contributed by atoms with Crippen LogP contribution in [-0.2, 0) is 0 Å². The molecule has 3 atom stereocenters. The number of piperidine rings is 1. The van der Waals surface area contributed by atoms with Crippen LogP contribution in [0.4, 0.5) is 0 Å². The molecule has 3 unspecified atom stereocenters. The third-order valence-corrected chi connectivity index (χ3v) is 5.57. The van der Waals surface area contributed by atoms with E-state index in [9.17, 15) is 0 Å². The molecule has 0 aromatic rings. The van der Waals surface area contributed by atoms with E-state index in [0.29, 0.717) is 6.04 Å². The van der Waals surface area contributed by atoms with Crippen LogP contribution in [0.3, 0.4) is 0 Å². The van der Waals surface area contributed by atoms with Crippen LogP contribution in [0.2, 0.25) is 0 Å². The Kier molecular flexibility index (Phi) is 4.88. The van der Waals surface area contributed by atoms with Gasteiger partial charge in [-0.2, -0.15) is 0 Å². The zero-order valence-electron chi connectivity index (χ0n) is 13.2. The summed E-state index contributed by atoms with van der Waals surface area (Å²) in [5.74, 6) is 0.827. The lowest BCUT2D eigenvalue weighted by Crippen LogP contribution is -2.60. The third kappa shape index (κ3) is 3.30. The van der Waals surface area contributed by atoms with Gasteiger partial charge in [-0.3, -0.25) is 4.90 Å². The van der Waals surface area contributed by atoms with E-state index in [-0.39, 0.29) is 5.54 Å². The van der Waals surface area contributed by atoms with Crippen LogP contribution in [0, 0.1) is 5.92 Å². The van der Waals surface area contributed by atoms with E-state index < -0.39 is 0 Å². The van der Waals surface area contributed by atoms with Crippen LogP contribution in [0.5, 0.6) is 0 Å². The van der Waals surface area contributed by atoms with Gasteiger partial charge in [0.1, 0.15) is 0 Å². The highest BCUT2D eigenvalue weighted by Gasteiger charge is 2.40. The van der Waals surface area contributed by atoms with Gasteiger partial charge in [0.25, 0.3) is 0 Å². The number of nitrogens with zero attached hydrogens (tertiary/aromatic N) is 3. The fraction of sp³-hybridized carbons (Fsp3) is 1.00. The first kappa shape index (κ1) is 15.2. The highest BCUT2D eigenvalue weighted by molar-refractivity contribution is 4.98. The third-order valence-electron chi connectivity index (χ3n) is 5.57. The van der Waals surface area contributed by atoms with Gasteiger partial charge in [-0.05, 0) is 66.3 Å². The summed E-state index contributed by atoms with van der Waals surface area (Å²) in [6.45, 7) is 8.02. The van der Waals surface area contributed by atoms with Gasteiger partial charge in [0.2, 0.25) is 0 Å². The van der Waals surface area contributed by atoms with Crippen molar-refractivity contribution >= 4 is 0 Å². The van der Waals surface area contributed by atoms with E-state index in [1.165, 1.54) is 45.4 Å². The number of nitrogens with two attached hydrogens (primary N) is 1. The summed E-state index contributed by atoms with van der Waals surface area (Å²) < 4.78 is 0. The lowest BCUT2D eigenvalue weighted by Gasteiger charge is -2.49. The van der Waals surface area contributed by atoms with Crippen LogP contribution in [0.15, 0.2) is 0 Å². The second kappa shape index (κ2) is 6.08. The molecule has 2 saturated heterocycles. The molecule has 0 aliphatic carbocycles. The Morgan fingerprint density at radius 1 is 1.32 bits per heavy atom. The number of hydrogen-bond donors (Lipinski definition) is 1. The summed E-state index contributed by atoms with van der Waals surface area (Å²) in [5.41, 5.74) is 6.41. The summed E-state index contributed by atoms with van der Waals surface area (Å²) in [5, 5.41) is 0. The minimum atomic E-state index is 0.229. The minimum absolute atomic E-state index is 0.229. The highest BCUT2D eigenvalue weighted by Crippen LogP contribution is 2.31. The summed E-state index contributed by atoms with van der Waals surface area (Å²) >= 11 is 0. The molecule has 2 heterocycles. The second-order valence-electron chi connectivity index (χ2n) is 7.01. The van der Waals surface area contributed by atoms with Crippen molar-refractivity contribution in [1.29, 1.82) is 0 Å². The number of rotatable bonds is 4. The summed E-state index contributed by atoms with van der Waals surface area (Å²) in [6, 6.07) is 0.644. The van der Waals surface area contributed by atoms with E-state index in [4.69, 9.17) is 5.73 Å². The second-order valence-corrected chi connectivity index (χ2v) is 7.01. The first-order valence-corrected chi connectivity index (χ1v) is 7.77. The molecule has 4 heteroatoms. The molecule has 2 aliphatic rings. The normalized spacial score (nSPS) is 38.2. The maximum absolute atomic E-state index is 6.18. The zero-order valence-corrected chi connectivity index (χ0v) is 13.2. The van der Waals surface area contributed by atoms with Crippen molar-refractivity contribution in [1.82, 2.24) is 14.7 Å². The summed E-state index contributed by atoms with van der Waals surface area (Å²) in [6.07, 6.45) is 3.76. The SMILES string of the molecule is CC1CC(CN)(N(C)CC2CCN(C)C2)CCN1C. The molecule has 19 heavy (non-hydrogen) atoms. The van der Waals surface area contributed by atoms with E-state index in [1.807, 2.05) is 0 Å². The van der Waals surface area contributed by atoms with Crippen LogP contribution < -0.4 is 5.73 Å². The van der Waals surface area contributed by atoms with Gasteiger partial charge in [-0.25, -0.2) is 0 Å². The maximum atomic E-state index is 6.18. The lowest BCUT2D eigenvalue weighted by molar-refractivity contribution is 0.0190. The van der Waals surface area contributed by atoms with E-state index in [0.717, 1.165) is 12.5 Å².